The molecule has 0 bridgehead atoms. The summed E-state index contributed by atoms with van der Waals surface area (Å²) in [7, 11) is 0. The fourth-order valence-corrected chi connectivity index (χ4v) is 3.95. The third-order valence-electron chi connectivity index (χ3n) is 5.59. The number of nitrogens with zero attached hydrogens (tertiary/aromatic N) is 2. The van der Waals surface area contributed by atoms with Gasteiger partial charge < -0.3 is 18.9 Å². The zero-order chi connectivity index (χ0) is 21.8. The van der Waals surface area contributed by atoms with Crippen LogP contribution in [0, 0.1) is 5.41 Å². The van der Waals surface area contributed by atoms with Gasteiger partial charge in [0.15, 0.2) is 0 Å². The molecule has 1 aromatic heterocycles. The van der Waals surface area contributed by atoms with Crippen molar-refractivity contribution in [2.45, 2.75) is 52.7 Å². The first-order valence-electron chi connectivity index (χ1n) is 11.1. The summed E-state index contributed by atoms with van der Waals surface area (Å²) in [6.07, 6.45) is 2.79. The Morgan fingerprint density at radius 2 is 2.06 bits per heavy atom. The van der Waals surface area contributed by atoms with E-state index < -0.39 is 0 Å². The predicted molar refractivity (Wildman–Crippen MR) is 118 cm³/mol. The van der Waals surface area contributed by atoms with Gasteiger partial charge in [0.05, 0.1) is 32.1 Å². The van der Waals surface area contributed by atoms with Crippen molar-refractivity contribution in [2.75, 3.05) is 33.0 Å². The van der Waals surface area contributed by atoms with Crippen LogP contribution in [0.5, 0.6) is 11.6 Å². The molecule has 31 heavy (non-hydrogen) atoms. The first-order chi connectivity index (χ1) is 14.9. The second kappa shape index (κ2) is 9.40. The lowest BCUT2D eigenvalue weighted by molar-refractivity contribution is -0.102. The molecule has 3 heterocycles. The van der Waals surface area contributed by atoms with Crippen LogP contribution in [0.2, 0.25) is 0 Å². The highest BCUT2D eigenvalue weighted by molar-refractivity contribution is 5.67. The maximum Gasteiger partial charge on any atom is 0.351 e. The monoisotopic (exact) mass is 428 g/mol. The van der Waals surface area contributed by atoms with Gasteiger partial charge in [-0.2, -0.15) is 4.98 Å². The number of rotatable bonds is 7. The quantitative estimate of drug-likeness (QED) is 0.629. The first kappa shape index (κ1) is 21.8. The van der Waals surface area contributed by atoms with Crippen molar-refractivity contribution in [2.24, 2.45) is 5.41 Å². The summed E-state index contributed by atoms with van der Waals surface area (Å²) in [6.45, 7) is 10.0. The molecule has 0 aliphatic carbocycles. The number of hydrogen-bond acceptors (Lipinski definition) is 6. The van der Waals surface area contributed by atoms with Crippen LogP contribution < -0.4 is 15.2 Å². The summed E-state index contributed by atoms with van der Waals surface area (Å²) in [4.78, 5) is 16.7. The van der Waals surface area contributed by atoms with E-state index in [1.54, 1.807) is 4.57 Å². The van der Waals surface area contributed by atoms with Crippen molar-refractivity contribution in [1.82, 2.24) is 9.55 Å². The van der Waals surface area contributed by atoms with Crippen LogP contribution in [0.25, 0.3) is 11.3 Å². The molecule has 0 spiro atoms. The fraction of sp³-hybridized carbons (Fsp3) is 0.583. The molecule has 7 nitrogen and oxygen atoms in total. The average Bonchev–Trinajstić information content (AvgIpc) is 2.75. The Kier molecular flexibility index (Phi) is 6.62. The Hall–Kier alpha value is -2.38. The van der Waals surface area contributed by atoms with Crippen molar-refractivity contribution in [1.29, 1.82) is 0 Å². The molecule has 168 valence electrons. The van der Waals surface area contributed by atoms with Crippen LogP contribution in [0.4, 0.5) is 0 Å². The molecular weight excluding hydrogens is 396 g/mol. The zero-order valence-electron chi connectivity index (χ0n) is 18.7. The molecule has 0 radical (unpaired) electrons. The number of benzene rings is 1. The summed E-state index contributed by atoms with van der Waals surface area (Å²) < 4.78 is 24.4. The van der Waals surface area contributed by atoms with Gasteiger partial charge >= 0.3 is 5.69 Å². The largest absolute Gasteiger partial charge is 0.494 e. The fourth-order valence-electron chi connectivity index (χ4n) is 3.95. The second-order valence-electron chi connectivity index (χ2n) is 9.37. The Labute approximate surface area is 183 Å². The van der Waals surface area contributed by atoms with Crippen molar-refractivity contribution in [3.05, 3.63) is 40.3 Å². The zero-order valence-corrected chi connectivity index (χ0v) is 18.7. The van der Waals surface area contributed by atoms with Gasteiger partial charge in [0.2, 0.25) is 5.88 Å². The van der Waals surface area contributed by atoms with Crippen molar-refractivity contribution >= 4 is 0 Å². The van der Waals surface area contributed by atoms with E-state index in [1.165, 1.54) is 5.56 Å². The second-order valence-corrected chi connectivity index (χ2v) is 9.37. The Morgan fingerprint density at radius 3 is 2.84 bits per heavy atom. The molecule has 7 heteroatoms. The van der Waals surface area contributed by atoms with Gasteiger partial charge in [0.25, 0.3) is 0 Å². The SMILES string of the molecule is CC(C)(C)CCCOc1ccc2c(c1)CCn1c-2cc(OC[C@@H]2COCCO2)nc1=O. The Bertz CT molecular complexity index is 957. The lowest BCUT2D eigenvalue weighted by Gasteiger charge is -2.24. The highest BCUT2D eigenvalue weighted by Crippen LogP contribution is 2.32. The number of aromatic nitrogens is 2. The molecule has 1 fully saturated rings. The van der Waals surface area contributed by atoms with Crippen LogP contribution >= 0.6 is 0 Å². The van der Waals surface area contributed by atoms with Crippen LogP contribution in [0.3, 0.4) is 0 Å². The number of hydrogen-bond donors (Lipinski definition) is 0. The van der Waals surface area contributed by atoms with Gasteiger partial charge in [0, 0.05) is 18.2 Å². The van der Waals surface area contributed by atoms with Gasteiger partial charge in [-0.15, -0.1) is 0 Å². The molecule has 0 N–H and O–H groups in total. The summed E-state index contributed by atoms with van der Waals surface area (Å²) >= 11 is 0. The molecule has 2 aliphatic rings. The van der Waals surface area contributed by atoms with Gasteiger partial charge in [0.1, 0.15) is 18.5 Å². The molecular formula is C24H32N2O5. The third kappa shape index (κ3) is 5.66. The molecule has 4 rings (SSSR count). The molecule has 1 saturated heterocycles. The lowest BCUT2D eigenvalue weighted by Crippen LogP contribution is -2.34. The van der Waals surface area contributed by atoms with E-state index in [0.717, 1.165) is 36.3 Å². The third-order valence-corrected chi connectivity index (χ3v) is 5.59. The van der Waals surface area contributed by atoms with Crippen molar-refractivity contribution < 1.29 is 18.9 Å². The minimum Gasteiger partial charge on any atom is -0.494 e. The highest BCUT2D eigenvalue weighted by Gasteiger charge is 2.21. The Balaban J connectivity index is 1.46. The Morgan fingerprint density at radius 1 is 1.19 bits per heavy atom. The molecule has 0 amide bonds. The standard InChI is InChI=1S/C24H32N2O5/c1-24(2,3)8-4-10-29-18-5-6-20-17(13-18)7-9-26-21(20)14-22(25-23(26)27)31-16-19-15-28-11-12-30-19/h5-6,13-14,19H,4,7-12,15-16H2,1-3H3/t19-/m0/s1. The van der Waals surface area contributed by atoms with E-state index in [-0.39, 0.29) is 11.8 Å². The summed E-state index contributed by atoms with van der Waals surface area (Å²) in [5.41, 5.74) is 3.06. The van der Waals surface area contributed by atoms with Gasteiger partial charge in [-0.25, -0.2) is 4.79 Å². The topological polar surface area (TPSA) is 71.8 Å². The maximum absolute atomic E-state index is 12.6. The number of fused-ring (bicyclic) bond motifs is 3. The van der Waals surface area contributed by atoms with Gasteiger partial charge in [-0.3, -0.25) is 4.57 Å². The first-order valence-corrected chi connectivity index (χ1v) is 11.1. The predicted octanol–water partition coefficient (Wildman–Crippen LogP) is 3.47. The van der Waals surface area contributed by atoms with E-state index >= 15 is 0 Å². The molecule has 2 aliphatic heterocycles. The van der Waals surface area contributed by atoms with E-state index in [1.807, 2.05) is 18.2 Å². The van der Waals surface area contributed by atoms with Crippen molar-refractivity contribution in [3.8, 4) is 22.9 Å². The molecule has 2 aromatic rings. The molecule has 0 saturated carbocycles. The van der Waals surface area contributed by atoms with Crippen LogP contribution in [-0.2, 0) is 22.4 Å². The van der Waals surface area contributed by atoms with Crippen LogP contribution in [-0.4, -0.2) is 48.7 Å². The normalized spacial score (nSPS) is 18.2. The highest BCUT2D eigenvalue weighted by atomic mass is 16.6. The van der Waals surface area contributed by atoms with Crippen molar-refractivity contribution in [3.63, 3.8) is 0 Å². The van der Waals surface area contributed by atoms with E-state index in [0.29, 0.717) is 50.9 Å². The number of aryl methyl sites for hydroxylation is 1. The molecule has 1 aromatic carbocycles. The maximum atomic E-state index is 12.6. The van der Waals surface area contributed by atoms with E-state index in [9.17, 15) is 4.79 Å². The molecule has 1 atom stereocenters. The summed E-state index contributed by atoms with van der Waals surface area (Å²) in [6, 6.07) is 7.94. The summed E-state index contributed by atoms with van der Waals surface area (Å²) in [5, 5.41) is 0. The minimum absolute atomic E-state index is 0.139. The average molecular weight is 429 g/mol. The molecule has 0 unspecified atom stereocenters. The van der Waals surface area contributed by atoms with Gasteiger partial charge in [-0.05, 0) is 48.4 Å². The summed E-state index contributed by atoms with van der Waals surface area (Å²) in [5.74, 6) is 1.20. The van der Waals surface area contributed by atoms with Crippen LogP contribution in [0.1, 0.15) is 39.2 Å². The van der Waals surface area contributed by atoms with Gasteiger partial charge in [-0.1, -0.05) is 20.8 Å². The number of ether oxygens (including phenoxy) is 4. The van der Waals surface area contributed by atoms with E-state index in [4.69, 9.17) is 18.9 Å². The smallest absolute Gasteiger partial charge is 0.351 e. The lowest BCUT2D eigenvalue weighted by atomic mass is 9.91. The minimum atomic E-state index is -0.290. The van der Waals surface area contributed by atoms with E-state index in [2.05, 4.69) is 31.8 Å². The van der Waals surface area contributed by atoms with Crippen LogP contribution in [0.15, 0.2) is 29.1 Å².